The maximum atomic E-state index is 11.9. The molecule has 0 amide bonds. The van der Waals surface area contributed by atoms with Gasteiger partial charge in [0.25, 0.3) is 0 Å². The number of aliphatic imine (C=N–C) groups is 1. The van der Waals surface area contributed by atoms with E-state index in [4.69, 9.17) is 5.73 Å². The fourth-order valence-corrected chi connectivity index (χ4v) is 1.23. The molecule has 0 aliphatic rings. The summed E-state index contributed by atoms with van der Waals surface area (Å²) in [6, 6.07) is 2.96. The molecule has 0 aliphatic carbocycles. The first-order valence-corrected chi connectivity index (χ1v) is 6.09. The number of ether oxygens (including phenoxy) is 1. The summed E-state index contributed by atoms with van der Waals surface area (Å²) in [5, 5.41) is 2.91. The smallest absolute Gasteiger partial charge is 0.422 e. The molecule has 0 spiro atoms. The number of rotatable bonds is 6. The van der Waals surface area contributed by atoms with Crippen molar-refractivity contribution in [3.8, 4) is 5.88 Å². The van der Waals surface area contributed by atoms with E-state index in [0.29, 0.717) is 12.5 Å². The van der Waals surface area contributed by atoms with Crippen molar-refractivity contribution < 1.29 is 17.9 Å². The molecule has 0 aromatic carbocycles. The minimum atomic E-state index is -4.37. The van der Waals surface area contributed by atoms with Gasteiger partial charge in [0.15, 0.2) is 12.6 Å². The minimum Gasteiger partial charge on any atom is -0.468 e. The first-order chi connectivity index (χ1) is 9.40. The topological polar surface area (TPSA) is 72.5 Å². The van der Waals surface area contributed by atoms with Crippen LogP contribution >= 0.6 is 24.0 Å². The summed E-state index contributed by atoms with van der Waals surface area (Å²) in [6.45, 7) is 1.68. The van der Waals surface area contributed by atoms with E-state index in [9.17, 15) is 13.2 Å². The van der Waals surface area contributed by atoms with Crippen LogP contribution in [-0.4, -0.2) is 30.3 Å². The Hall–Kier alpha value is -1.26. The predicted molar refractivity (Wildman–Crippen MR) is 84.8 cm³/mol. The Balaban J connectivity index is 0.00000400. The van der Waals surface area contributed by atoms with Gasteiger partial charge in [-0.15, -0.1) is 24.0 Å². The Morgan fingerprint density at radius 1 is 1.43 bits per heavy atom. The van der Waals surface area contributed by atoms with Crippen LogP contribution in [0.4, 0.5) is 13.2 Å². The summed E-state index contributed by atoms with van der Waals surface area (Å²) in [5.41, 5.74) is 6.33. The van der Waals surface area contributed by atoms with E-state index in [2.05, 4.69) is 20.0 Å². The van der Waals surface area contributed by atoms with E-state index in [1.165, 1.54) is 12.3 Å². The Morgan fingerprint density at radius 2 is 2.14 bits per heavy atom. The average molecular weight is 418 g/mol. The molecule has 0 atom stereocenters. The summed E-state index contributed by atoms with van der Waals surface area (Å²) >= 11 is 0. The SMILES string of the molecule is CCCNC(N)=NCc1ccc(OCC(F)(F)F)nc1.I. The highest BCUT2D eigenvalue weighted by Crippen LogP contribution is 2.17. The van der Waals surface area contributed by atoms with Crippen molar-refractivity contribution in [2.75, 3.05) is 13.2 Å². The zero-order chi connectivity index (χ0) is 15.0. The monoisotopic (exact) mass is 418 g/mol. The zero-order valence-electron chi connectivity index (χ0n) is 11.5. The lowest BCUT2D eigenvalue weighted by molar-refractivity contribution is -0.154. The van der Waals surface area contributed by atoms with E-state index >= 15 is 0 Å². The molecule has 1 rings (SSSR count). The molecular formula is C12H18F3IN4O. The van der Waals surface area contributed by atoms with Crippen molar-refractivity contribution in [3.05, 3.63) is 23.9 Å². The van der Waals surface area contributed by atoms with Gasteiger partial charge in [-0.2, -0.15) is 13.2 Å². The standard InChI is InChI=1S/C12H17F3N4O.HI/c1-2-5-17-11(16)19-7-9-3-4-10(18-6-9)20-8-12(13,14)15;/h3-4,6H,2,5,7-8H2,1H3,(H3,16,17,19);1H. The van der Waals surface area contributed by atoms with E-state index in [1.54, 1.807) is 6.07 Å². The molecule has 0 fully saturated rings. The zero-order valence-corrected chi connectivity index (χ0v) is 13.8. The number of guanidine groups is 1. The fraction of sp³-hybridized carbons (Fsp3) is 0.500. The van der Waals surface area contributed by atoms with E-state index in [0.717, 1.165) is 18.5 Å². The number of hydrogen-bond acceptors (Lipinski definition) is 3. The fourth-order valence-electron chi connectivity index (χ4n) is 1.23. The van der Waals surface area contributed by atoms with E-state index < -0.39 is 12.8 Å². The third-order valence-corrected chi connectivity index (χ3v) is 2.17. The second kappa shape index (κ2) is 9.64. The van der Waals surface area contributed by atoms with Gasteiger partial charge in [-0.1, -0.05) is 13.0 Å². The Kier molecular flexibility index (Phi) is 9.06. The van der Waals surface area contributed by atoms with Crippen LogP contribution in [0.3, 0.4) is 0 Å². The van der Waals surface area contributed by atoms with Crippen LogP contribution in [0.5, 0.6) is 5.88 Å². The number of halogens is 4. The highest BCUT2D eigenvalue weighted by molar-refractivity contribution is 14.0. The second-order valence-electron chi connectivity index (χ2n) is 4.04. The molecule has 5 nitrogen and oxygen atoms in total. The normalized spacial score (nSPS) is 11.7. The molecular weight excluding hydrogens is 400 g/mol. The van der Waals surface area contributed by atoms with Gasteiger partial charge in [0.05, 0.1) is 6.54 Å². The van der Waals surface area contributed by atoms with Gasteiger partial charge in [-0.25, -0.2) is 9.98 Å². The number of nitrogens with two attached hydrogens (primary N) is 1. The minimum absolute atomic E-state index is 0. The van der Waals surface area contributed by atoms with Crippen LogP contribution in [0.2, 0.25) is 0 Å². The molecule has 21 heavy (non-hydrogen) atoms. The maximum absolute atomic E-state index is 11.9. The van der Waals surface area contributed by atoms with Gasteiger partial charge in [0.2, 0.25) is 5.88 Å². The number of hydrogen-bond donors (Lipinski definition) is 2. The van der Waals surface area contributed by atoms with E-state index in [1.807, 2.05) is 6.92 Å². The van der Waals surface area contributed by atoms with Crippen LogP contribution in [0.15, 0.2) is 23.3 Å². The van der Waals surface area contributed by atoms with Crippen molar-refractivity contribution in [1.82, 2.24) is 10.3 Å². The second-order valence-corrected chi connectivity index (χ2v) is 4.04. The number of nitrogens with one attached hydrogen (secondary N) is 1. The lowest BCUT2D eigenvalue weighted by atomic mass is 10.3. The summed E-state index contributed by atoms with van der Waals surface area (Å²) in [7, 11) is 0. The lowest BCUT2D eigenvalue weighted by Crippen LogP contribution is -2.32. The summed E-state index contributed by atoms with van der Waals surface area (Å²) in [5.74, 6) is 0.247. The Morgan fingerprint density at radius 3 is 2.67 bits per heavy atom. The number of pyridine rings is 1. The van der Waals surface area contributed by atoms with Gasteiger partial charge >= 0.3 is 6.18 Å². The average Bonchev–Trinajstić information content (AvgIpc) is 2.41. The molecule has 9 heteroatoms. The van der Waals surface area contributed by atoms with E-state index in [-0.39, 0.29) is 29.9 Å². The van der Waals surface area contributed by atoms with Crippen molar-refractivity contribution in [2.45, 2.75) is 26.1 Å². The third-order valence-electron chi connectivity index (χ3n) is 2.17. The third kappa shape index (κ3) is 9.32. The lowest BCUT2D eigenvalue weighted by Gasteiger charge is -2.08. The Bertz CT molecular complexity index is 437. The molecule has 120 valence electrons. The summed E-state index contributed by atoms with van der Waals surface area (Å²) < 4.78 is 40.3. The highest BCUT2D eigenvalue weighted by atomic mass is 127. The molecule has 0 saturated carbocycles. The van der Waals surface area contributed by atoms with Crippen LogP contribution in [-0.2, 0) is 6.54 Å². The molecule has 1 aromatic rings. The highest BCUT2D eigenvalue weighted by Gasteiger charge is 2.28. The molecule has 1 aromatic heterocycles. The van der Waals surface area contributed by atoms with Gasteiger partial charge in [0.1, 0.15) is 0 Å². The van der Waals surface area contributed by atoms with Crippen molar-refractivity contribution in [2.24, 2.45) is 10.7 Å². The van der Waals surface area contributed by atoms with Crippen molar-refractivity contribution in [1.29, 1.82) is 0 Å². The van der Waals surface area contributed by atoms with Gasteiger partial charge in [-0.05, 0) is 12.0 Å². The molecule has 0 unspecified atom stereocenters. The number of nitrogens with zero attached hydrogens (tertiary/aromatic N) is 2. The van der Waals surface area contributed by atoms with Crippen LogP contribution < -0.4 is 15.8 Å². The summed E-state index contributed by atoms with van der Waals surface area (Å²) in [4.78, 5) is 7.84. The van der Waals surface area contributed by atoms with Crippen molar-refractivity contribution in [3.63, 3.8) is 0 Å². The van der Waals surface area contributed by atoms with Crippen LogP contribution in [0.25, 0.3) is 0 Å². The van der Waals surface area contributed by atoms with Crippen LogP contribution in [0.1, 0.15) is 18.9 Å². The molecule has 0 saturated heterocycles. The molecule has 0 bridgehead atoms. The maximum Gasteiger partial charge on any atom is 0.422 e. The van der Waals surface area contributed by atoms with Gasteiger partial charge in [0, 0.05) is 18.8 Å². The van der Waals surface area contributed by atoms with Gasteiger partial charge in [-0.3, -0.25) is 0 Å². The first kappa shape index (κ1) is 19.7. The number of aromatic nitrogens is 1. The summed E-state index contributed by atoms with van der Waals surface area (Å²) in [6.07, 6.45) is -2.03. The predicted octanol–water partition coefficient (Wildman–Crippen LogP) is 2.46. The quantitative estimate of drug-likeness (QED) is 0.423. The molecule has 1 heterocycles. The first-order valence-electron chi connectivity index (χ1n) is 6.09. The molecule has 3 N–H and O–H groups in total. The molecule has 0 aliphatic heterocycles. The molecule has 0 radical (unpaired) electrons. The van der Waals surface area contributed by atoms with Crippen LogP contribution in [0, 0.1) is 0 Å². The van der Waals surface area contributed by atoms with Crippen molar-refractivity contribution >= 4 is 29.9 Å². The largest absolute Gasteiger partial charge is 0.468 e. The number of alkyl halides is 3. The van der Waals surface area contributed by atoms with Gasteiger partial charge < -0.3 is 15.8 Å². The Labute approximate surface area is 138 Å².